The summed E-state index contributed by atoms with van der Waals surface area (Å²) in [6, 6.07) is 15.4. The molecule has 0 saturated heterocycles. The Labute approximate surface area is 187 Å². The summed E-state index contributed by atoms with van der Waals surface area (Å²) in [6.45, 7) is 3.81. The lowest BCUT2D eigenvalue weighted by atomic mass is 10.1. The van der Waals surface area contributed by atoms with Crippen LogP contribution in [0.4, 0.5) is 11.4 Å². The summed E-state index contributed by atoms with van der Waals surface area (Å²) < 4.78 is 5.16. The fraction of sp³-hybridized carbons (Fsp3) is 0.208. The topological polar surface area (TPSA) is 118 Å². The average Bonchev–Trinajstić information content (AvgIpc) is 3.60. The van der Waals surface area contributed by atoms with E-state index in [9.17, 15) is 9.59 Å². The molecule has 5 N–H and O–H groups in total. The maximum atomic E-state index is 12.7. The van der Waals surface area contributed by atoms with Crippen molar-refractivity contribution in [2.24, 2.45) is 10.7 Å². The number of hydrogen-bond donors (Lipinski definition) is 4. The van der Waals surface area contributed by atoms with Crippen molar-refractivity contribution in [1.29, 1.82) is 0 Å². The zero-order valence-corrected chi connectivity index (χ0v) is 17.9. The van der Waals surface area contributed by atoms with Gasteiger partial charge in [0.25, 0.3) is 5.91 Å². The van der Waals surface area contributed by atoms with Crippen molar-refractivity contribution in [1.82, 2.24) is 10.6 Å². The molecule has 0 spiro atoms. The van der Waals surface area contributed by atoms with Crippen LogP contribution < -0.4 is 26.4 Å². The Bertz CT molecular complexity index is 1020. The lowest BCUT2D eigenvalue weighted by Gasteiger charge is -2.17. The third kappa shape index (κ3) is 5.75. The van der Waals surface area contributed by atoms with Gasteiger partial charge in [-0.25, -0.2) is 0 Å². The Balaban J connectivity index is 1.52. The van der Waals surface area contributed by atoms with Crippen LogP contribution in [0.1, 0.15) is 18.4 Å². The van der Waals surface area contributed by atoms with Crippen molar-refractivity contribution in [3.63, 3.8) is 0 Å². The number of hydrogen-bond acceptors (Lipinski definition) is 6. The summed E-state index contributed by atoms with van der Waals surface area (Å²) in [4.78, 5) is 28.8. The zero-order chi connectivity index (χ0) is 23.0. The van der Waals surface area contributed by atoms with E-state index in [1.54, 1.807) is 7.11 Å². The molecule has 0 radical (unpaired) electrons. The van der Waals surface area contributed by atoms with Crippen molar-refractivity contribution in [3.8, 4) is 5.75 Å². The highest BCUT2D eigenvalue weighted by atomic mass is 16.5. The van der Waals surface area contributed by atoms with E-state index < -0.39 is 11.4 Å². The van der Waals surface area contributed by atoms with Crippen LogP contribution in [-0.2, 0) is 16.1 Å². The van der Waals surface area contributed by atoms with Crippen LogP contribution in [0.25, 0.3) is 0 Å². The third-order valence-electron chi connectivity index (χ3n) is 5.08. The first-order valence-corrected chi connectivity index (χ1v) is 10.2. The molecule has 1 aliphatic carbocycles. The van der Waals surface area contributed by atoms with Crippen LogP contribution in [0.3, 0.4) is 0 Å². The van der Waals surface area contributed by atoms with Gasteiger partial charge >= 0.3 is 0 Å². The molecule has 166 valence electrons. The number of anilines is 2. The van der Waals surface area contributed by atoms with Crippen LogP contribution in [0.15, 0.2) is 78.1 Å². The van der Waals surface area contributed by atoms with Gasteiger partial charge in [0.2, 0.25) is 5.91 Å². The highest BCUT2D eigenvalue weighted by Gasteiger charge is 2.51. The molecular formula is C24H27N5O3. The van der Waals surface area contributed by atoms with Gasteiger partial charge in [0.15, 0.2) is 0 Å². The van der Waals surface area contributed by atoms with Gasteiger partial charge in [-0.3, -0.25) is 14.6 Å². The van der Waals surface area contributed by atoms with Gasteiger partial charge in [-0.1, -0.05) is 18.7 Å². The van der Waals surface area contributed by atoms with Gasteiger partial charge in [-0.15, -0.1) is 0 Å². The van der Waals surface area contributed by atoms with E-state index in [0.717, 1.165) is 28.9 Å². The minimum absolute atomic E-state index is 0.170. The molecule has 8 heteroatoms. The zero-order valence-electron chi connectivity index (χ0n) is 17.9. The number of aliphatic imine (C=N–C) groups is 1. The second kappa shape index (κ2) is 10.3. The Morgan fingerprint density at radius 1 is 1.12 bits per heavy atom. The minimum Gasteiger partial charge on any atom is -0.497 e. The molecule has 0 unspecified atom stereocenters. The van der Waals surface area contributed by atoms with Gasteiger partial charge in [0.05, 0.1) is 12.7 Å². The molecule has 1 fully saturated rings. The molecule has 2 aromatic carbocycles. The highest BCUT2D eigenvalue weighted by molar-refractivity contribution is 6.13. The van der Waals surface area contributed by atoms with E-state index >= 15 is 0 Å². The molecule has 2 aromatic rings. The molecule has 1 saturated carbocycles. The van der Waals surface area contributed by atoms with E-state index in [0.29, 0.717) is 19.4 Å². The number of nitrogens with one attached hydrogen (secondary N) is 3. The first-order chi connectivity index (χ1) is 15.5. The van der Waals surface area contributed by atoms with Crippen LogP contribution in [0, 0.1) is 0 Å². The molecule has 8 nitrogen and oxygen atoms in total. The Morgan fingerprint density at radius 2 is 1.75 bits per heavy atom. The molecular weight excluding hydrogens is 406 g/mol. The summed E-state index contributed by atoms with van der Waals surface area (Å²) in [5, 5.41) is 8.98. The standard InChI is InChI=1S/C24H27N5O3/c1-3-26-16-18(14-25)22(30)29-24(12-13-24)23(31)27-15-17-4-6-19(7-5-17)28-20-8-10-21(32-2)11-9-20/h3-11,14,16,28H,1,12-13,15,25H2,2H3,(H,27,31)(H,29,30)/b18-14+,26-16?. The maximum Gasteiger partial charge on any atom is 0.255 e. The summed E-state index contributed by atoms with van der Waals surface area (Å²) >= 11 is 0. The largest absolute Gasteiger partial charge is 0.497 e. The third-order valence-corrected chi connectivity index (χ3v) is 5.08. The van der Waals surface area contributed by atoms with Crippen LogP contribution in [0.2, 0.25) is 0 Å². The number of nitrogens with zero attached hydrogens (tertiary/aromatic N) is 1. The first kappa shape index (κ1) is 22.6. The average molecular weight is 434 g/mol. The maximum absolute atomic E-state index is 12.7. The van der Waals surface area contributed by atoms with E-state index in [1.165, 1.54) is 12.4 Å². The van der Waals surface area contributed by atoms with E-state index in [1.807, 2.05) is 48.5 Å². The summed E-state index contributed by atoms with van der Waals surface area (Å²) in [5.41, 5.74) is 7.57. The second-order valence-corrected chi connectivity index (χ2v) is 7.35. The first-order valence-electron chi connectivity index (χ1n) is 10.2. The van der Waals surface area contributed by atoms with Gasteiger partial charge < -0.3 is 26.4 Å². The van der Waals surface area contributed by atoms with E-state index in [2.05, 4.69) is 27.5 Å². The lowest BCUT2D eigenvalue weighted by molar-refractivity contribution is -0.128. The van der Waals surface area contributed by atoms with Crippen LogP contribution in [0.5, 0.6) is 5.75 Å². The molecule has 32 heavy (non-hydrogen) atoms. The van der Waals surface area contributed by atoms with Crippen LogP contribution >= 0.6 is 0 Å². The smallest absolute Gasteiger partial charge is 0.255 e. The second-order valence-electron chi connectivity index (χ2n) is 7.35. The number of carbonyl (C=O) groups excluding carboxylic acids is 2. The van der Waals surface area contributed by atoms with Crippen molar-refractivity contribution >= 4 is 29.4 Å². The number of methoxy groups -OCH3 is 1. The molecule has 0 atom stereocenters. The fourth-order valence-corrected chi connectivity index (χ4v) is 3.03. The Morgan fingerprint density at radius 3 is 2.28 bits per heavy atom. The van der Waals surface area contributed by atoms with E-state index in [4.69, 9.17) is 10.5 Å². The highest BCUT2D eigenvalue weighted by Crippen LogP contribution is 2.36. The molecule has 0 bridgehead atoms. The van der Waals surface area contributed by atoms with Gasteiger partial charge in [-0.2, -0.15) is 0 Å². The number of benzene rings is 2. The Kier molecular flexibility index (Phi) is 7.28. The van der Waals surface area contributed by atoms with Gasteiger partial charge in [0, 0.05) is 36.5 Å². The number of rotatable bonds is 10. The minimum atomic E-state index is -0.900. The number of amides is 2. The molecule has 1 aliphatic rings. The quantitative estimate of drug-likeness (QED) is 0.339. The summed E-state index contributed by atoms with van der Waals surface area (Å²) in [7, 11) is 1.63. The van der Waals surface area contributed by atoms with Crippen LogP contribution in [-0.4, -0.2) is 30.7 Å². The number of nitrogens with two attached hydrogens (primary N) is 1. The van der Waals surface area contributed by atoms with Crippen molar-refractivity contribution in [3.05, 3.63) is 78.6 Å². The number of carbonyl (C=O) groups is 2. The van der Waals surface area contributed by atoms with Crippen molar-refractivity contribution in [2.75, 3.05) is 12.4 Å². The lowest BCUT2D eigenvalue weighted by Crippen LogP contribution is -2.49. The molecule has 3 rings (SSSR count). The molecule has 0 aliphatic heterocycles. The number of ether oxygens (including phenoxy) is 1. The predicted octanol–water partition coefficient (Wildman–Crippen LogP) is 2.76. The van der Waals surface area contributed by atoms with Gasteiger partial charge in [-0.05, 0) is 54.8 Å². The van der Waals surface area contributed by atoms with Crippen molar-refractivity contribution < 1.29 is 14.3 Å². The summed E-state index contributed by atoms with van der Waals surface area (Å²) in [5.74, 6) is 0.134. The normalized spacial score (nSPS) is 14.5. The molecule has 0 heterocycles. The van der Waals surface area contributed by atoms with Gasteiger partial charge in [0.1, 0.15) is 11.3 Å². The molecule has 2 amide bonds. The Hall–Kier alpha value is -4.07. The molecule has 0 aromatic heterocycles. The summed E-state index contributed by atoms with van der Waals surface area (Å²) in [6.07, 6.45) is 4.90. The fourth-order valence-electron chi connectivity index (χ4n) is 3.03. The SMILES string of the molecule is C=CN=C/C(=C\N)C(=O)NC1(C(=O)NCc2ccc(Nc3ccc(OC)cc3)cc2)CC1. The predicted molar refractivity (Wildman–Crippen MR) is 126 cm³/mol. The monoisotopic (exact) mass is 433 g/mol. The van der Waals surface area contributed by atoms with Crippen molar-refractivity contribution in [2.45, 2.75) is 24.9 Å². The van der Waals surface area contributed by atoms with E-state index in [-0.39, 0.29) is 11.5 Å².